The van der Waals surface area contributed by atoms with Crippen LogP contribution in [0.15, 0.2) is 88.9 Å². The maximum absolute atomic E-state index is 13.2. The van der Waals surface area contributed by atoms with Crippen LogP contribution in [0.3, 0.4) is 0 Å². The Balaban J connectivity index is 1.85. The van der Waals surface area contributed by atoms with Crippen LogP contribution in [0.4, 0.5) is 18.9 Å². The first kappa shape index (κ1) is 26.0. The number of nitrogens with one attached hydrogen (secondary N) is 1. The second kappa shape index (κ2) is 10.7. The van der Waals surface area contributed by atoms with Gasteiger partial charge in [0.05, 0.1) is 22.4 Å². The van der Waals surface area contributed by atoms with Gasteiger partial charge in [-0.05, 0) is 47.4 Å². The highest BCUT2D eigenvalue weighted by molar-refractivity contribution is 7.92. The van der Waals surface area contributed by atoms with Gasteiger partial charge in [0.2, 0.25) is 0 Å². The number of anilines is 1. The predicted molar refractivity (Wildman–Crippen MR) is 129 cm³/mol. The number of alkyl halides is 3. The Bertz CT molecular complexity index is 1290. The second-order valence-electron chi connectivity index (χ2n) is 7.99. The van der Waals surface area contributed by atoms with Gasteiger partial charge in [-0.3, -0.25) is 9.10 Å². The normalized spacial score (nSPS) is 12.2. The van der Waals surface area contributed by atoms with Crippen molar-refractivity contribution >= 4 is 27.8 Å². The van der Waals surface area contributed by atoms with Gasteiger partial charge in [-0.15, -0.1) is 0 Å². The van der Waals surface area contributed by atoms with E-state index < -0.39 is 34.2 Å². The number of hydrogen-bond acceptors (Lipinski definition) is 4. The lowest BCUT2D eigenvalue weighted by molar-refractivity contribution is -0.137. The van der Waals surface area contributed by atoms with E-state index >= 15 is 0 Å². The molecule has 3 aromatic rings. The molecule has 0 saturated carbocycles. The first-order valence-electron chi connectivity index (χ1n) is 10.7. The topological polar surface area (TPSA) is 78.8 Å². The maximum atomic E-state index is 13.2. The highest BCUT2D eigenvalue weighted by Gasteiger charge is 2.33. The van der Waals surface area contributed by atoms with Crippen molar-refractivity contribution in [3.8, 4) is 0 Å². The highest BCUT2D eigenvalue weighted by atomic mass is 32.2. The fourth-order valence-corrected chi connectivity index (χ4v) is 4.62. The smallest absolute Gasteiger partial charge is 0.271 e. The highest BCUT2D eigenvalue weighted by Crippen LogP contribution is 2.33. The van der Waals surface area contributed by atoms with Gasteiger partial charge in [-0.2, -0.15) is 18.3 Å². The number of halogens is 3. The summed E-state index contributed by atoms with van der Waals surface area (Å²) in [7, 11) is -4.35. The Kier molecular flexibility index (Phi) is 7.96. The molecule has 0 aliphatic carbocycles. The Morgan fingerprint density at radius 3 is 2.26 bits per heavy atom. The van der Waals surface area contributed by atoms with Crippen LogP contribution < -0.4 is 9.73 Å². The molecule has 184 valence electrons. The number of sulfonamides is 1. The quantitative estimate of drug-likeness (QED) is 0.340. The standard InChI is InChI=1S/C25H24F3N3O3S/c1-18(2)20-13-11-19(12-14-20)16-29-30-24(32)17-31(35(33,34)23-9-4-3-5-10-23)22-8-6-7-21(15-22)25(26,27)28/h3-16,18H,17H2,1-2H3,(H,30,32)/b29-16-. The van der Waals surface area contributed by atoms with Crippen LogP contribution in [0.1, 0.15) is 36.5 Å². The van der Waals surface area contributed by atoms with Crippen LogP contribution in [0.25, 0.3) is 0 Å². The number of rotatable bonds is 8. The van der Waals surface area contributed by atoms with Crippen molar-refractivity contribution in [2.24, 2.45) is 5.10 Å². The van der Waals surface area contributed by atoms with Gasteiger partial charge in [0, 0.05) is 0 Å². The Morgan fingerprint density at radius 2 is 1.66 bits per heavy atom. The first-order chi connectivity index (χ1) is 16.5. The van der Waals surface area contributed by atoms with Crippen LogP contribution in [0, 0.1) is 0 Å². The average molecular weight is 504 g/mol. The van der Waals surface area contributed by atoms with Gasteiger partial charge in [0.15, 0.2) is 0 Å². The molecule has 0 aromatic heterocycles. The summed E-state index contributed by atoms with van der Waals surface area (Å²) in [5.74, 6) is -0.467. The molecule has 1 N–H and O–H groups in total. The van der Waals surface area contributed by atoms with Gasteiger partial charge in [-0.25, -0.2) is 13.8 Å². The zero-order valence-corrected chi connectivity index (χ0v) is 19.8. The van der Waals surface area contributed by atoms with Gasteiger partial charge in [0.25, 0.3) is 15.9 Å². The summed E-state index contributed by atoms with van der Waals surface area (Å²) in [4.78, 5) is 12.4. The SMILES string of the molecule is CC(C)c1ccc(/C=N\NC(=O)CN(c2cccc(C(F)(F)F)c2)S(=O)(=O)c2ccccc2)cc1. The largest absolute Gasteiger partial charge is 0.416 e. The molecule has 6 nitrogen and oxygen atoms in total. The number of hydrogen-bond donors (Lipinski definition) is 1. The number of carbonyl (C=O) groups excluding carboxylic acids is 1. The van der Waals surface area contributed by atoms with Gasteiger partial charge in [0.1, 0.15) is 6.54 Å². The first-order valence-corrected chi connectivity index (χ1v) is 12.1. The monoisotopic (exact) mass is 503 g/mol. The third-order valence-electron chi connectivity index (χ3n) is 5.09. The Morgan fingerprint density at radius 1 is 1.00 bits per heavy atom. The van der Waals surface area contributed by atoms with Crippen molar-refractivity contribution in [3.63, 3.8) is 0 Å². The lowest BCUT2D eigenvalue weighted by Crippen LogP contribution is -2.39. The fourth-order valence-electron chi connectivity index (χ4n) is 3.18. The summed E-state index contributed by atoms with van der Waals surface area (Å²) in [6.07, 6.45) is -3.29. The Hall–Kier alpha value is -3.66. The number of carbonyl (C=O) groups is 1. The van der Waals surface area contributed by atoms with Crippen LogP contribution in [0.2, 0.25) is 0 Å². The molecule has 3 aromatic carbocycles. The zero-order chi connectivity index (χ0) is 25.6. The summed E-state index contributed by atoms with van der Waals surface area (Å²) in [5, 5.41) is 3.85. The minimum Gasteiger partial charge on any atom is -0.271 e. The van der Waals surface area contributed by atoms with Crippen molar-refractivity contribution in [3.05, 3.63) is 95.6 Å². The minimum atomic E-state index is -4.68. The molecule has 0 aliphatic rings. The van der Waals surface area contributed by atoms with Crippen molar-refractivity contribution < 1.29 is 26.4 Å². The molecule has 0 saturated heterocycles. The third-order valence-corrected chi connectivity index (χ3v) is 6.87. The van der Waals surface area contributed by atoms with Gasteiger partial charge in [-0.1, -0.05) is 62.4 Å². The van der Waals surface area contributed by atoms with E-state index in [1.165, 1.54) is 36.5 Å². The molecule has 0 heterocycles. The molecular formula is C25H24F3N3O3S. The van der Waals surface area contributed by atoms with Crippen molar-refractivity contribution in [2.45, 2.75) is 30.8 Å². The van der Waals surface area contributed by atoms with Gasteiger partial charge < -0.3 is 0 Å². The summed E-state index contributed by atoms with van der Waals surface area (Å²) in [5.41, 5.74) is 2.75. The van der Waals surface area contributed by atoms with Crippen LogP contribution in [-0.4, -0.2) is 27.1 Å². The Labute approximate surface area is 202 Å². The van der Waals surface area contributed by atoms with E-state index in [1.54, 1.807) is 6.07 Å². The van der Waals surface area contributed by atoms with E-state index in [0.29, 0.717) is 21.9 Å². The van der Waals surface area contributed by atoms with Crippen molar-refractivity contribution in [1.82, 2.24) is 5.43 Å². The molecule has 0 atom stereocenters. The van der Waals surface area contributed by atoms with Crippen LogP contribution in [-0.2, 0) is 21.0 Å². The van der Waals surface area contributed by atoms with E-state index in [2.05, 4.69) is 24.4 Å². The molecule has 0 fully saturated rings. The molecule has 3 rings (SSSR count). The number of benzene rings is 3. The van der Waals surface area contributed by atoms with E-state index in [0.717, 1.165) is 17.7 Å². The number of hydrazone groups is 1. The van der Waals surface area contributed by atoms with Crippen molar-refractivity contribution in [2.75, 3.05) is 10.8 Å². The zero-order valence-electron chi connectivity index (χ0n) is 19.0. The summed E-state index contributed by atoms with van der Waals surface area (Å²) in [6.45, 7) is 3.34. The van der Waals surface area contributed by atoms with Crippen molar-refractivity contribution in [1.29, 1.82) is 0 Å². The van der Waals surface area contributed by atoms with E-state index in [-0.39, 0.29) is 10.6 Å². The van der Waals surface area contributed by atoms with Crippen LogP contribution >= 0.6 is 0 Å². The lowest BCUT2D eigenvalue weighted by atomic mass is 10.0. The molecule has 1 amide bonds. The second-order valence-corrected chi connectivity index (χ2v) is 9.85. The molecule has 0 aliphatic heterocycles. The number of amides is 1. The molecule has 0 unspecified atom stereocenters. The molecule has 0 radical (unpaired) electrons. The van der Waals surface area contributed by atoms with Crippen LogP contribution in [0.5, 0.6) is 0 Å². The maximum Gasteiger partial charge on any atom is 0.416 e. The third kappa shape index (κ3) is 6.69. The molecule has 0 bridgehead atoms. The summed E-state index contributed by atoms with van der Waals surface area (Å²) < 4.78 is 66.8. The fraction of sp³-hybridized carbons (Fsp3) is 0.200. The van der Waals surface area contributed by atoms with E-state index in [9.17, 15) is 26.4 Å². The van der Waals surface area contributed by atoms with E-state index in [1.807, 2.05) is 24.3 Å². The van der Waals surface area contributed by atoms with Gasteiger partial charge >= 0.3 is 6.18 Å². The average Bonchev–Trinajstić information content (AvgIpc) is 2.83. The molecular weight excluding hydrogens is 479 g/mol. The molecule has 0 spiro atoms. The summed E-state index contributed by atoms with van der Waals surface area (Å²) >= 11 is 0. The lowest BCUT2D eigenvalue weighted by Gasteiger charge is -2.24. The predicted octanol–water partition coefficient (Wildman–Crippen LogP) is 5.17. The minimum absolute atomic E-state index is 0.168. The molecule has 35 heavy (non-hydrogen) atoms. The number of nitrogens with zero attached hydrogens (tertiary/aromatic N) is 2. The van der Waals surface area contributed by atoms with E-state index in [4.69, 9.17) is 0 Å². The summed E-state index contributed by atoms with van der Waals surface area (Å²) in [6, 6.07) is 18.4. The molecule has 10 heteroatoms.